The van der Waals surface area contributed by atoms with Gasteiger partial charge in [-0.2, -0.15) is 0 Å². The summed E-state index contributed by atoms with van der Waals surface area (Å²) in [6, 6.07) is 11.4. The molecule has 0 radical (unpaired) electrons. The molecule has 27 heavy (non-hydrogen) atoms. The number of amides is 2. The quantitative estimate of drug-likeness (QED) is 0.710. The third kappa shape index (κ3) is 4.09. The Kier molecular flexibility index (Phi) is 5.02. The molecule has 0 bridgehead atoms. The van der Waals surface area contributed by atoms with Crippen LogP contribution in [0.1, 0.15) is 24.1 Å². The Labute approximate surface area is 160 Å². The molecule has 138 valence electrons. The zero-order valence-corrected chi connectivity index (χ0v) is 15.5. The third-order valence-electron chi connectivity index (χ3n) is 4.41. The second kappa shape index (κ2) is 7.75. The smallest absolute Gasteiger partial charge is 0.227 e. The highest BCUT2D eigenvalue weighted by Crippen LogP contribution is 2.24. The second-order valence-electron chi connectivity index (χ2n) is 6.39. The number of thiazole rings is 1. The lowest BCUT2D eigenvalue weighted by molar-refractivity contribution is -0.120. The zero-order chi connectivity index (χ0) is 18.6. The SMILES string of the molecule is O=C(Cc1csc(-c2ccco2)n1)NCc1cccc(N2CCCC2=O)c1. The first kappa shape index (κ1) is 17.5. The minimum atomic E-state index is -0.0889. The van der Waals surface area contributed by atoms with Crippen molar-refractivity contribution in [2.24, 2.45) is 0 Å². The van der Waals surface area contributed by atoms with Crippen LogP contribution in [-0.4, -0.2) is 23.3 Å². The van der Waals surface area contributed by atoms with E-state index in [4.69, 9.17) is 4.42 Å². The molecule has 0 atom stereocenters. The number of benzene rings is 1. The van der Waals surface area contributed by atoms with Crippen LogP contribution < -0.4 is 10.2 Å². The van der Waals surface area contributed by atoms with Crippen LogP contribution in [-0.2, 0) is 22.6 Å². The molecule has 0 unspecified atom stereocenters. The lowest BCUT2D eigenvalue weighted by Gasteiger charge is -2.16. The van der Waals surface area contributed by atoms with Gasteiger partial charge in [-0.15, -0.1) is 11.3 Å². The highest BCUT2D eigenvalue weighted by Gasteiger charge is 2.21. The average molecular weight is 381 g/mol. The third-order valence-corrected chi connectivity index (χ3v) is 5.32. The number of carbonyl (C=O) groups is 2. The van der Waals surface area contributed by atoms with E-state index in [2.05, 4.69) is 10.3 Å². The van der Waals surface area contributed by atoms with E-state index in [0.29, 0.717) is 18.7 Å². The molecule has 3 heterocycles. The molecule has 1 fully saturated rings. The van der Waals surface area contributed by atoms with Crippen molar-refractivity contribution in [2.75, 3.05) is 11.4 Å². The van der Waals surface area contributed by atoms with E-state index >= 15 is 0 Å². The van der Waals surface area contributed by atoms with Crippen molar-refractivity contribution in [1.29, 1.82) is 0 Å². The summed E-state index contributed by atoms with van der Waals surface area (Å²) in [7, 11) is 0. The van der Waals surface area contributed by atoms with Gasteiger partial charge in [0.05, 0.1) is 18.4 Å². The predicted octanol–water partition coefficient (Wildman–Crippen LogP) is 3.39. The summed E-state index contributed by atoms with van der Waals surface area (Å²) in [5.74, 6) is 0.779. The highest BCUT2D eigenvalue weighted by molar-refractivity contribution is 7.13. The van der Waals surface area contributed by atoms with Gasteiger partial charge in [-0.25, -0.2) is 4.98 Å². The Bertz CT molecular complexity index is 949. The molecule has 1 saturated heterocycles. The van der Waals surface area contributed by atoms with Gasteiger partial charge in [-0.05, 0) is 36.2 Å². The minimum Gasteiger partial charge on any atom is -0.462 e. The zero-order valence-electron chi connectivity index (χ0n) is 14.7. The maximum Gasteiger partial charge on any atom is 0.227 e. The number of rotatable bonds is 6. The summed E-state index contributed by atoms with van der Waals surface area (Å²) < 4.78 is 5.32. The van der Waals surface area contributed by atoms with Gasteiger partial charge in [0.2, 0.25) is 11.8 Å². The van der Waals surface area contributed by atoms with E-state index < -0.39 is 0 Å². The van der Waals surface area contributed by atoms with Crippen molar-refractivity contribution < 1.29 is 14.0 Å². The topological polar surface area (TPSA) is 75.4 Å². The first-order valence-corrected chi connectivity index (χ1v) is 9.71. The van der Waals surface area contributed by atoms with Crippen LogP contribution >= 0.6 is 11.3 Å². The van der Waals surface area contributed by atoms with Gasteiger partial charge in [0, 0.05) is 30.6 Å². The van der Waals surface area contributed by atoms with Crippen LogP contribution in [0.4, 0.5) is 5.69 Å². The Morgan fingerprint density at radius 1 is 1.30 bits per heavy atom. The summed E-state index contributed by atoms with van der Waals surface area (Å²) in [5, 5.41) is 5.56. The van der Waals surface area contributed by atoms with E-state index in [1.165, 1.54) is 11.3 Å². The molecule has 0 spiro atoms. The fourth-order valence-corrected chi connectivity index (χ4v) is 3.87. The Morgan fingerprint density at radius 2 is 2.22 bits per heavy atom. The molecule has 0 aliphatic carbocycles. The number of aromatic nitrogens is 1. The fourth-order valence-electron chi connectivity index (χ4n) is 3.08. The summed E-state index contributed by atoms with van der Waals surface area (Å²) in [4.78, 5) is 30.4. The monoisotopic (exact) mass is 381 g/mol. The standard InChI is InChI=1S/C20H19N3O3S/c24-18(11-15-13-27-20(22-15)17-6-3-9-26-17)21-12-14-4-1-5-16(10-14)23-8-2-7-19(23)25/h1,3-6,9-10,13H,2,7-8,11-12H2,(H,21,24). The number of carbonyl (C=O) groups excluding carboxylic acids is 2. The molecule has 1 N–H and O–H groups in total. The van der Waals surface area contributed by atoms with Gasteiger partial charge in [0.15, 0.2) is 10.8 Å². The van der Waals surface area contributed by atoms with Gasteiger partial charge in [-0.1, -0.05) is 12.1 Å². The first-order chi connectivity index (χ1) is 13.2. The Hall–Kier alpha value is -2.93. The van der Waals surface area contributed by atoms with Crippen LogP contribution in [0.15, 0.2) is 52.5 Å². The van der Waals surface area contributed by atoms with Gasteiger partial charge < -0.3 is 14.6 Å². The Balaban J connectivity index is 1.34. The molecular formula is C20H19N3O3S. The normalized spacial score (nSPS) is 13.9. The molecule has 6 nitrogen and oxygen atoms in total. The molecule has 4 rings (SSSR count). The van der Waals surface area contributed by atoms with Crippen molar-refractivity contribution in [3.63, 3.8) is 0 Å². The molecule has 2 amide bonds. The van der Waals surface area contributed by atoms with Crippen LogP contribution in [0.2, 0.25) is 0 Å². The number of anilines is 1. The van der Waals surface area contributed by atoms with E-state index in [9.17, 15) is 9.59 Å². The van der Waals surface area contributed by atoms with Crippen molar-refractivity contribution in [3.05, 3.63) is 59.3 Å². The molecule has 2 aromatic heterocycles. The number of nitrogens with one attached hydrogen (secondary N) is 1. The Morgan fingerprint density at radius 3 is 3.00 bits per heavy atom. The van der Waals surface area contributed by atoms with Crippen molar-refractivity contribution >= 4 is 28.8 Å². The summed E-state index contributed by atoms with van der Waals surface area (Å²) >= 11 is 1.46. The molecule has 1 aromatic carbocycles. The molecule has 1 aliphatic rings. The summed E-state index contributed by atoms with van der Waals surface area (Å²) in [6.45, 7) is 1.18. The highest BCUT2D eigenvalue weighted by atomic mass is 32.1. The molecular weight excluding hydrogens is 362 g/mol. The van der Waals surface area contributed by atoms with Gasteiger partial charge in [0.1, 0.15) is 0 Å². The number of nitrogens with zero attached hydrogens (tertiary/aromatic N) is 2. The molecule has 1 aliphatic heterocycles. The maximum atomic E-state index is 12.2. The van der Waals surface area contributed by atoms with E-state index in [0.717, 1.165) is 34.9 Å². The lowest BCUT2D eigenvalue weighted by Crippen LogP contribution is -2.26. The van der Waals surface area contributed by atoms with Crippen LogP contribution in [0.3, 0.4) is 0 Å². The number of furan rings is 1. The average Bonchev–Trinajstić information content (AvgIpc) is 3.41. The van der Waals surface area contributed by atoms with E-state index in [-0.39, 0.29) is 18.2 Å². The molecule has 0 saturated carbocycles. The molecule has 3 aromatic rings. The summed E-state index contributed by atoms with van der Waals surface area (Å²) in [5.41, 5.74) is 2.59. The maximum absolute atomic E-state index is 12.2. The van der Waals surface area contributed by atoms with Crippen LogP contribution in [0.25, 0.3) is 10.8 Å². The first-order valence-electron chi connectivity index (χ1n) is 8.83. The van der Waals surface area contributed by atoms with Crippen LogP contribution in [0.5, 0.6) is 0 Å². The van der Waals surface area contributed by atoms with Crippen LogP contribution in [0, 0.1) is 0 Å². The van der Waals surface area contributed by atoms with Crippen molar-refractivity contribution in [2.45, 2.75) is 25.8 Å². The summed E-state index contributed by atoms with van der Waals surface area (Å²) in [6.07, 6.45) is 3.33. The minimum absolute atomic E-state index is 0.0889. The van der Waals surface area contributed by atoms with E-state index in [1.807, 2.05) is 41.8 Å². The second-order valence-corrected chi connectivity index (χ2v) is 7.25. The van der Waals surface area contributed by atoms with E-state index in [1.54, 1.807) is 11.2 Å². The number of hydrogen-bond acceptors (Lipinski definition) is 5. The van der Waals surface area contributed by atoms with Gasteiger partial charge in [-0.3, -0.25) is 9.59 Å². The van der Waals surface area contributed by atoms with Crippen molar-refractivity contribution in [1.82, 2.24) is 10.3 Å². The van der Waals surface area contributed by atoms with Crippen molar-refractivity contribution in [3.8, 4) is 10.8 Å². The fraction of sp³-hybridized carbons (Fsp3) is 0.250. The van der Waals surface area contributed by atoms with Gasteiger partial charge in [0.25, 0.3) is 0 Å². The lowest BCUT2D eigenvalue weighted by atomic mass is 10.2. The van der Waals surface area contributed by atoms with Gasteiger partial charge >= 0.3 is 0 Å². The largest absolute Gasteiger partial charge is 0.462 e. The molecule has 7 heteroatoms. The predicted molar refractivity (Wildman–Crippen MR) is 103 cm³/mol. The number of hydrogen-bond donors (Lipinski definition) is 1.